The molecule has 5 heteroatoms. The Morgan fingerprint density at radius 2 is 1.71 bits per heavy atom. The molecule has 128 valence electrons. The summed E-state index contributed by atoms with van der Waals surface area (Å²) in [6.45, 7) is 6.41. The zero-order valence-electron chi connectivity index (χ0n) is 14.1. The monoisotopic (exact) mass is 331 g/mol. The molecular formula is C19H22FNO3. The topological polar surface area (TPSA) is 47.6 Å². The lowest BCUT2D eigenvalue weighted by atomic mass is 10.1. The van der Waals surface area contributed by atoms with Crippen LogP contribution >= 0.6 is 0 Å². The number of carbonyl (C=O) groups is 1. The van der Waals surface area contributed by atoms with Crippen molar-refractivity contribution in [3.05, 3.63) is 59.4 Å². The molecule has 2 rings (SSSR count). The Morgan fingerprint density at radius 3 is 2.33 bits per heavy atom. The Kier molecular flexibility index (Phi) is 6.18. The molecule has 1 amide bonds. The third kappa shape index (κ3) is 5.57. The number of halogens is 1. The van der Waals surface area contributed by atoms with Gasteiger partial charge in [-0.1, -0.05) is 6.07 Å². The summed E-state index contributed by atoms with van der Waals surface area (Å²) >= 11 is 0. The average molecular weight is 331 g/mol. The number of hydrogen-bond acceptors (Lipinski definition) is 3. The SMILES string of the molecule is Cc1cc(C)cc(OCCNC(=O)[C@H](C)Oc2ccc(F)cc2)c1. The van der Waals surface area contributed by atoms with E-state index >= 15 is 0 Å². The van der Waals surface area contributed by atoms with Crippen LogP contribution in [0.4, 0.5) is 4.39 Å². The van der Waals surface area contributed by atoms with Crippen molar-refractivity contribution in [2.75, 3.05) is 13.2 Å². The van der Waals surface area contributed by atoms with Crippen molar-refractivity contribution < 1.29 is 18.7 Å². The first-order chi connectivity index (χ1) is 11.4. The molecule has 0 bridgehead atoms. The van der Waals surface area contributed by atoms with E-state index in [9.17, 15) is 9.18 Å². The number of nitrogens with one attached hydrogen (secondary N) is 1. The van der Waals surface area contributed by atoms with Crippen LogP contribution in [0.5, 0.6) is 11.5 Å². The van der Waals surface area contributed by atoms with E-state index in [1.165, 1.54) is 24.3 Å². The number of hydrogen-bond donors (Lipinski definition) is 1. The van der Waals surface area contributed by atoms with Gasteiger partial charge in [0.05, 0.1) is 6.54 Å². The molecule has 0 heterocycles. The van der Waals surface area contributed by atoms with E-state index < -0.39 is 6.10 Å². The van der Waals surface area contributed by atoms with Gasteiger partial charge in [-0.15, -0.1) is 0 Å². The quantitative estimate of drug-likeness (QED) is 0.791. The Hall–Kier alpha value is -2.56. The summed E-state index contributed by atoms with van der Waals surface area (Å²) < 4.78 is 23.9. The van der Waals surface area contributed by atoms with Gasteiger partial charge in [0.25, 0.3) is 5.91 Å². The van der Waals surface area contributed by atoms with Crippen LogP contribution in [-0.4, -0.2) is 25.2 Å². The number of carbonyl (C=O) groups excluding carboxylic acids is 1. The average Bonchev–Trinajstić information content (AvgIpc) is 2.52. The maximum absolute atomic E-state index is 12.8. The van der Waals surface area contributed by atoms with E-state index in [0.717, 1.165) is 16.9 Å². The highest BCUT2D eigenvalue weighted by Gasteiger charge is 2.14. The molecule has 0 saturated heterocycles. The third-order valence-corrected chi connectivity index (χ3v) is 3.36. The Bertz CT molecular complexity index is 665. The molecule has 0 aliphatic rings. The highest BCUT2D eigenvalue weighted by Crippen LogP contribution is 2.16. The Morgan fingerprint density at radius 1 is 1.08 bits per heavy atom. The summed E-state index contributed by atoms with van der Waals surface area (Å²) in [6, 6.07) is 11.5. The largest absolute Gasteiger partial charge is 0.492 e. The Balaban J connectivity index is 1.73. The predicted molar refractivity (Wildman–Crippen MR) is 90.9 cm³/mol. The second kappa shape index (κ2) is 8.34. The molecule has 0 aliphatic carbocycles. The van der Waals surface area contributed by atoms with Gasteiger partial charge in [-0.3, -0.25) is 4.79 Å². The molecule has 1 N–H and O–H groups in total. The molecule has 0 aromatic heterocycles. The molecule has 4 nitrogen and oxygen atoms in total. The molecule has 0 radical (unpaired) electrons. The first-order valence-corrected chi connectivity index (χ1v) is 7.85. The van der Waals surface area contributed by atoms with E-state index in [-0.39, 0.29) is 11.7 Å². The van der Waals surface area contributed by atoms with Gasteiger partial charge in [-0.2, -0.15) is 0 Å². The van der Waals surface area contributed by atoms with Gasteiger partial charge >= 0.3 is 0 Å². The van der Waals surface area contributed by atoms with Crippen LogP contribution in [0.15, 0.2) is 42.5 Å². The third-order valence-electron chi connectivity index (χ3n) is 3.36. The maximum Gasteiger partial charge on any atom is 0.260 e. The fourth-order valence-electron chi connectivity index (χ4n) is 2.27. The van der Waals surface area contributed by atoms with Gasteiger partial charge in [-0.25, -0.2) is 4.39 Å². The lowest BCUT2D eigenvalue weighted by Gasteiger charge is -2.15. The summed E-state index contributed by atoms with van der Waals surface area (Å²) in [5.41, 5.74) is 2.27. The minimum atomic E-state index is -0.670. The van der Waals surface area contributed by atoms with Gasteiger partial charge in [0.15, 0.2) is 6.10 Å². The maximum atomic E-state index is 12.8. The van der Waals surface area contributed by atoms with Crippen molar-refractivity contribution in [1.82, 2.24) is 5.32 Å². The predicted octanol–water partition coefficient (Wildman–Crippen LogP) is 3.41. The molecule has 0 aliphatic heterocycles. The van der Waals surface area contributed by atoms with Crippen LogP contribution in [-0.2, 0) is 4.79 Å². The summed E-state index contributed by atoms with van der Waals surface area (Å²) in [7, 11) is 0. The minimum Gasteiger partial charge on any atom is -0.492 e. The molecule has 0 fully saturated rings. The zero-order chi connectivity index (χ0) is 17.5. The molecular weight excluding hydrogens is 309 g/mol. The molecule has 0 spiro atoms. The van der Waals surface area contributed by atoms with E-state index in [4.69, 9.17) is 9.47 Å². The fraction of sp³-hybridized carbons (Fsp3) is 0.316. The number of rotatable bonds is 7. The van der Waals surface area contributed by atoms with Gasteiger partial charge in [0, 0.05) is 0 Å². The summed E-state index contributed by atoms with van der Waals surface area (Å²) in [5, 5.41) is 2.75. The first kappa shape index (κ1) is 17.8. The van der Waals surface area contributed by atoms with E-state index in [1.807, 2.05) is 26.0 Å². The number of ether oxygens (including phenoxy) is 2. The second-order valence-corrected chi connectivity index (χ2v) is 5.68. The van der Waals surface area contributed by atoms with Crippen LogP contribution in [0.2, 0.25) is 0 Å². The summed E-state index contributed by atoms with van der Waals surface area (Å²) in [6.07, 6.45) is -0.670. The van der Waals surface area contributed by atoms with Crippen LogP contribution in [0.3, 0.4) is 0 Å². The van der Waals surface area contributed by atoms with Crippen molar-refractivity contribution in [2.24, 2.45) is 0 Å². The number of amides is 1. The number of benzene rings is 2. The smallest absolute Gasteiger partial charge is 0.260 e. The van der Waals surface area contributed by atoms with Crippen molar-refractivity contribution in [1.29, 1.82) is 0 Å². The minimum absolute atomic E-state index is 0.247. The first-order valence-electron chi connectivity index (χ1n) is 7.85. The van der Waals surface area contributed by atoms with E-state index in [0.29, 0.717) is 18.9 Å². The Labute approximate surface area is 141 Å². The lowest BCUT2D eigenvalue weighted by molar-refractivity contribution is -0.127. The van der Waals surface area contributed by atoms with Gasteiger partial charge in [0.2, 0.25) is 0 Å². The fourth-order valence-corrected chi connectivity index (χ4v) is 2.27. The van der Waals surface area contributed by atoms with Crippen LogP contribution in [0, 0.1) is 19.7 Å². The van der Waals surface area contributed by atoms with Crippen molar-refractivity contribution in [3.63, 3.8) is 0 Å². The molecule has 1 atom stereocenters. The van der Waals surface area contributed by atoms with Crippen molar-refractivity contribution in [2.45, 2.75) is 26.9 Å². The van der Waals surface area contributed by atoms with Gasteiger partial charge < -0.3 is 14.8 Å². The summed E-state index contributed by atoms with van der Waals surface area (Å²) in [4.78, 5) is 12.0. The molecule has 2 aromatic carbocycles. The van der Waals surface area contributed by atoms with E-state index in [1.54, 1.807) is 6.92 Å². The molecule has 0 unspecified atom stereocenters. The highest BCUT2D eigenvalue weighted by molar-refractivity contribution is 5.80. The highest BCUT2D eigenvalue weighted by atomic mass is 19.1. The molecule has 2 aromatic rings. The normalized spacial score (nSPS) is 11.7. The van der Waals surface area contributed by atoms with Gasteiger partial charge in [0.1, 0.15) is 23.9 Å². The van der Waals surface area contributed by atoms with Crippen molar-refractivity contribution in [3.8, 4) is 11.5 Å². The standard InChI is InChI=1S/C19H22FNO3/c1-13-10-14(2)12-18(11-13)23-9-8-21-19(22)15(3)24-17-6-4-16(20)5-7-17/h4-7,10-12,15H,8-9H2,1-3H3,(H,21,22)/t15-/m0/s1. The van der Waals surface area contributed by atoms with Crippen molar-refractivity contribution >= 4 is 5.91 Å². The lowest BCUT2D eigenvalue weighted by Crippen LogP contribution is -2.38. The van der Waals surface area contributed by atoms with Crippen LogP contribution in [0.1, 0.15) is 18.1 Å². The van der Waals surface area contributed by atoms with E-state index in [2.05, 4.69) is 11.4 Å². The van der Waals surface area contributed by atoms with Gasteiger partial charge in [-0.05, 0) is 68.3 Å². The summed E-state index contributed by atoms with van der Waals surface area (Å²) in [5.74, 6) is 0.647. The van der Waals surface area contributed by atoms with Crippen LogP contribution < -0.4 is 14.8 Å². The van der Waals surface area contributed by atoms with Crippen LogP contribution in [0.25, 0.3) is 0 Å². The zero-order valence-corrected chi connectivity index (χ0v) is 14.1. The molecule has 24 heavy (non-hydrogen) atoms. The second-order valence-electron chi connectivity index (χ2n) is 5.68. The number of aryl methyl sites for hydroxylation is 2. The molecule has 0 saturated carbocycles.